The van der Waals surface area contributed by atoms with Crippen LogP contribution in [0.2, 0.25) is 0 Å². The highest BCUT2D eigenvalue weighted by atomic mass is 15.3. The first-order chi connectivity index (χ1) is 14.3. The highest BCUT2D eigenvalue weighted by molar-refractivity contribution is 5.73. The number of hydrogen-bond donors (Lipinski definition) is 2. The van der Waals surface area contributed by atoms with E-state index >= 15 is 0 Å². The summed E-state index contributed by atoms with van der Waals surface area (Å²) < 4.78 is 0. The Hall–Kier alpha value is -3.66. The van der Waals surface area contributed by atoms with Crippen molar-refractivity contribution in [2.45, 2.75) is 27.7 Å². The van der Waals surface area contributed by atoms with Crippen LogP contribution in [-0.4, -0.2) is 0 Å². The van der Waals surface area contributed by atoms with Gasteiger partial charge in [0.15, 0.2) is 0 Å². The first-order valence-electron chi connectivity index (χ1n) is 10.1. The standard InChI is InChI=1S/C26H28N4/c1-17-14-18(2)16-23(15-17)30-13-12-29(25(27)26(30)28)22-10-8-21(9-11-22)24-19(3)6-5-7-20(24)4/h5-16H,27-28H2,1-4H3. The summed E-state index contributed by atoms with van der Waals surface area (Å²) in [5.41, 5.74) is 22.3. The second-order valence-electron chi connectivity index (χ2n) is 7.97. The van der Waals surface area contributed by atoms with Crippen LogP contribution >= 0.6 is 0 Å². The first kappa shape index (κ1) is 19.6. The number of anilines is 2. The molecule has 0 aliphatic carbocycles. The van der Waals surface area contributed by atoms with E-state index in [-0.39, 0.29) is 0 Å². The quantitative estimate of drug-likeness (QED) is 0.620. The summed E-state index contributed by atoms with van der Waals surface area (Å²) in [5.74, 6) is 1.03. The van der Waals surface area contributed by atoms with Gasteiger partial charge in [-0.15, -0.1) is 0 Å². The van der Waals surface area contributed by atoms with Crippen molar-refractivity contribution in [1.82, 2.24) is 0 Å². The van der Waals surface area contributed by atoms with Gasteiger partial charge in [0.05, 0.1) is 0 Å². The molecular weight excluding hydrogens is 368 g/mol. The fourth-order valence-corrected chi connectivity index (χ4v) is 4.14. The lowest BCUT2D eigenvalue weighted by molar-refractivity contribution is 0.953. The minimum absolute atomic E-state index is 0.511. The molecule has 1 aliphatic rings. The molecule has 0 aromatic heterocycles. The Labute approximate surface area is 178 Å². The zero-order valence-corrected chi connectivity index (χ0v) is 18.0. The largest absolute Gasteiger partial charge is 0.382 e. The van der Waals surface area contributed by atoms with E-state index in [1.54, 1.807) is 0 Å². The molecule has 4 heteroatoms. The van der Waals surface area contributed by atoms with Crippen LogP contribution in [0.3, 0.4) is 0 Å². The summed E-state index contributed by atoms with van der Waals surface area (Å²) >= 11 is 0. The van der Waals surface area contributed by atoms with Gasteiger partial charge < -0.3 is 11.5 Å². The minimum Gasteiger partial charge on any atom is -0.382 e. The number of aryl methyl sites for hydroxylation is 4. The van der Waals surface area contributed by atoms with Crippen LogP contribution in [0, 0.1) is 27.7 Å². The third-order valence-corrected chi connectivity index (χ3v) is 5.55. The van der Waals surface area contributed by atoms with E-state index in [9.17, 15) is 0 Å². The second-order valence-corrected chi connectivity index (χ2v) is 7.97. The predicted molar refractivity (Wildman–Crippen MR) is 127 cm³/mol. The van der Waals surface area contributed by atoms with Gasteiger partial charge in [-0.25, -0.2) is 0 Å². The SMILES string of the molecule is Cc1cc(C)cc(N2C=CN(c3ccc(-c4c(C)cccc4C)cc3)C(N)=C2N)c1. The van der Waals surface area contributed by atoms with Crippen LogP contribution in [0.5, 0.6) is 0 Å². The van der Waals surface area contributed by atoms with Crippen molar-refractivity contribution < 1.29 is 0 Å². The fraction of sp³-hybridized carbons (Fsp3) is 0.154. The number of benzene rings is 3. The second kappa shape index (κ2) is 7.64. The molecule has 0 spiro atoms. The van der Waals surface area contributed by atoms with E-state index in [4.69, 9.17) is 11.5 Å². The van der Waals surface area contributed by atoms with E-state index in [0.717, 1.165) is 11.4 Å². The summed E-state index contributed by atoms with van der Waals surface area (Å²) in [5, 5.41) is 0. The van der Waals surface area contributed by atoms with Crippen LogP contribution in [0.15, 0.2) is 84.7 Å². The molecule has 0 fully saturated rings. The molecule has 0 bridgehead atoms. The lowest BCUT2D eigenvalue weighted by atomic mass is 9.96. The molecule has 152 valence electrons. The maximum atomic E-state index is 6.44. The third kappa shape index (κ3) is 3.52. The lowest BCUT2D eigenvalue weighted by Gasteiger charge is -2.32. The first-order valence-corrected chi connectivity index (χ1v) is 10.1. The molecule has 0 unspecified atom stereocenters. The van der Waals surface area contributed by atoms with E-state index in [0.29, 0.717) is 11.6 Å². The van der Waals surface area contributed by atoms with Crippen LogP contribution in [0.4, 0.5) is 11.4 Å². The van der Waals surface area contributed by atoms with Gasteiger partial charge >= 0.3 is 0 Å². The Bertz CT molecular complexity index is 1120. The fourth-order valence-electron chi connectivity index (χ4n) is 4.14. The topological polar surface area (TPSA) is 58.5 Å². The van der Waals surface area contributed by atoms with Crippen molar-refractivity contribution in [3.63, 3.8) is 0 Å². The molecule has 30 heavy (non-hydrogen) atoms. The zero-order valence-electron chi connectivity index (χ0n) is 18.0. The Morgan fingerprint density at radius 1 is 0.600 bits per heavy atom. The van der Waals surface area contributed by atoms with Crippen LogP contribution < -0.4 is 21.3 Å². The van der Waals surface area contributed by atoms with Crippen molar-refractivity contribution in [3.05, 3.63) is 107 Å². The molecular formula is C26H28N4. The van der Waals surface area contributed by atoms with Gasteiger partial charge in [0.1, 0.15) is 11.6 Å². The summed E-state index contributed by atoms with van der Waals surface area (Å²) in [7, 11) is 0. The molecule has 0 saturated heterocycles. The van der Waals surface area contributed by atoms with Crippen molar-refractivity contribution in [1.29, 1.82) is 0 Å². The van der Waals surface area contributed by atoms with Crippen molar-refractivity contribution >= 4 is 11.4 Å². The van der Waals surface area contributed by atoms with Gasteiger partial charge in [-0.2, -0.15) is 0 Å². The van der Waals surface area contributed by atoms with E-state index in [2.05, 4.69) is 88.4 Å². The smallest absolute Gasteiger partial charge is 0.149 e. The Kier molecular flexibility index (Phi) is 5.00. The molecule has 0 amide bonds. The zero-order chi connectivity index (χ0) is 21.4. The molecule has 1 heterocycles. The van der Waals surface area contributed by atoms with Gasteiger partial charge in [0, 0.05) is 23.8 Å². The number of nitrogens with two attached hydrogens (primary N) is 2. The van der Waals surface area contributed by atoms with Crippen LogP contribution in [-0.2, 0) is 0 Å². The van der Waals surface area contributed by atoms with Gasteiger partial charge in [-0.05, 0) is 85.3 Å². The monoisotopic (exact) mass is 396 g/mol. The maximum absolute atomic E-state index is 6.44. The molecule has 3 aromatic rings. The molecule has 0 radical (unpaired) electrons. The predicted octanol–water partition coefficient (Wildman–Crippen LogP) is 5.43. The van der Waals surface area contributed by atoms with Gasteiger partial charge in [0.25, 0.3) is 0 Å². The van der Waals surface area contributed by atoms with E-state index in [1.807, 2.05) is 22.2 Å². The summed E-state index contributed by atoms with van der Waals surface area (Å²) in [6, 6.07) is 21.2. The number of rotatable bonds is 3. The normalized spacial score (nSPS) is 13.9. The molecule has 0 atom stereocenters. The maximum Gasteiger partial charge on any atom is 0.149 e. The van der Waals surface area contributed by atoms with Crippen molar-refractivity contribution in [2.75, 3.05) is 9.80 Å². The van der Waals surface area contributed by atoms with Crippen molar-refractivity contribution in [2.24, 2.45) is 11.5 Å². The Balaban J connectivity index is 1.64. The Morgan fingerprint density at radius 3 is 1.63 bits per heavy atom. The molecule has 4 rings (SSSR count). The highest BCUT2D eigenvalue weighted by Gasteiger charge is 2.20. The lowest BCUT2D eigenvalue weighted by Crippen LogP contribution is -2.37. The molecule has 3 aromatic carbocycles. The average molecular weight is 397 g/mol. The molecule has 4 N–H and O–H groups in total. The number of hydrogen-bond acceptors (Lipinski definition) is 4. The Morgan fingerprint density at radius 2 is 1.10 bits per heavy atom. The van der Waals surface area contributed by atoms with Gasteiger partial charge in [-0.1, -0.05) is 36.4 Å². The average Bonchev–Trinajstić information content (AvgIpc) is 2.70. The summed E-state index contributed by atoms with van der Waals surface area (Å²) in [4.78, 5) is 3.85. The van der Waals surface area contributed by atoms with Crippen LogP contribution in [0.1, 0.15) is 22.3 Å². The van der Waals surface area contributed by atoms with Crippen molar-refractivity contribution in [3.8, 4) is 11.1 Å². The van der Waals surface area contributed by atoms with Gasteiger partial charge in [-0.3, -0.25) is 9.80 Å². The van der Waals surface area contributed by atoms with E-state index < -0.39 is 0 Å². The van der Waals surface area contributed by atoms with E-state index in [1.165, 1.54) is 33.4 Å². The minimum atomic E-state index is 0.511. The summed E-state index contributed by atoms with van der Waals surface area (Å²) in [6.45, 7) is 8.45. The highest BCUT2D eigenvalue weighted by Crippen LogP contribution is 2.32. The van der Waals surface area contributed by atoms with Crippen LogP contribution in [0.25, 0.3) is 11.1 Å². The summed E-state index contributed by atoms with van der Waals surface area (Å²) in [6.07, 6.45) is 3.91. The molecule has 0 saturated carbocycles. The molecule has 1 aliphatic heterocycles. The molecule has 4 nitrogen and oxygen atoms in total. The number of nitrogens with zero attached hydrogens (tertiary/aromatic N) is 2. The van der Waals surface area contributed by atoms with Gasteiger partial charge in [0.2, 0.25) is 0 Å². The third-order valence-electron chi connectivity index (χ3n) is 5.55.